The molecule has 0 aliphatic rings. The molecule has 0 bridgehead atoms. The highest BCUT2D eigenvalue weighted by Gasteiger charge is 2.07. The maximum Gasteiger partial charge on any atom is 0.251 e. The number of benzene rings is 2. The van der Waals surface area contributed by atoms with Crippen LogP contribution in [0.2, 0.25) is 0 Å². The van der Waals surface area contributed by atoms with E-state index < -0.39 is 0 Å². The van der Waals surface area contributed by atoms with Gasteiger partial charge in [0, 0.05) is 24.7 Å². The molecule has 108 valence electrons. The first-order valence-corrected chi connectivity index (χ1v) is 6.45. The largest absolute Gasteiger partial charge is 0.348 e. The van der Waals surface area contributed by atoms with Crippen LogP contribution in [-0.4, -0.2) is 11.8 Å². The lowest BCUT2D eigenvalue weighted by molar-refractivity contribution is -0.114. The van der Waals surface area contributed by atoms with E-state index in [0.29, 0.717) is 16.8 Å². The van der Waals surface area contributed by atoms with Crippen molar-refractivity contribution in [2.75, 3.05) is 5.32 Å². The summed E-state index contributed by atoms with van der Waals surface area (Å²) >= 11 is 0. The molecular weight excluding hydrogens is 271 g/mol. The second-order valence-corrected chi connectivity index (χ2v) is 4.57. The van der Waals surface area contributed by atoms with Gasteiger partial charge in [-0.25, -0.2) is 4.39 Å². The van der Waals surface area contributed by atoms with E-state index in [1.165, 1.54) is 19.1 Å². The zero-order valence-corrected chi connectivity index (χ0v) is 11.5. The van der Waals surface area contributed by atoms with Crippen molar-refractivity contribution in [3.63, 3.8) is 0 Å². The highest BCUT2D eigenvalue weighted by atomic mass is 19.1. The minimum absolute atomic E-state index is 0.202. The van der Waals surface area contributed by atoms with Gasteiger partial charge in [-0.1, -0.05) is 18.2 Å². The fourth-order valence-corrected chi connectivity index (χ4v) is 1.87. The Bertz CT molecular complexity index is 671. The second-order valence-electron chi connectivity index (χ2n) is 4.57. The van der Waals surface area contributed by atoms with Crippen LogP contribution in [0.5, 0.6) is 0 Å². The molecule has 2 aromatic carbocycles. The standard InChI is InChI=1S/C16H15FN2O2/c1-11(20)19-15-7-3-5-13(9-15)16(21)18-10-12-4-2-6-14(17)8-12/h2-9H,10H2,1H3,(H,18,21)(H,19,20). The molecule has 0 saturated carbocycles. The van der Waals surface area contributed by atoms with E-state index in [0.717, 1.165) is 0 Å². The molecule has 0 saturated heterocycles. The lowest BCUT2D eigenvalue weighted by atomic mass is 10.1. The quantitative estimate of drug-likeness (QED) is 0.908. The fourth-order valence-electron chi connectivity index (χ4n) is 1.87. The van der Waals surface area contributed by atoms with Crippen molar-refractivity contribution in [2.45, 2.75) is 13.5 Å². The highest BCUT2D eigenvalue weighted by Crippen LogP contribution is 2.11. The van der Waals surface area contributed by atoms with Crippen LogP contribution in [-0.2, 0) is 11.3 Å². The normalized spacial score (nSPS) is 10.0. The number of hydrogen-bond donors (Lipinski definition) is 2. The average molecular weight is 286 g/mol. The van der Waals surface area contributed by atoms with Crippen LogP contribution in [0.15, 0.2) is 48.5 Å². The lowest BCUT2D eigenvalue weighted by Gasteiger charge is -2.07. The van der Waals surface area contributed by atoms with Crippen molar-refractivity contribution in [3.05, 3.63) is 65.5 Å². The summed E-state index contributed by atoms with van der Waals surface area (Å²) in [6, 6.07) is 12.7. The van der Waals surface area contributed by atoms with Crippen molar-refractivity contribution in [1.82, 2.24) is 5.32 Å². The van der Waals surface area contributed by atoms with E-state index in [2.05, 4.69) is 10.6 Å². The molecule has 0 aliphatic heterocycles. The van der Waals surface area contributed by atoms with Crippen LogP contribution < -0.4 is 10.6 Å². The third kappa shape index (κ3) is 4.42. The monoisotopic (exact) mass is 286 g/mol. The van der Waals surface area contributed by atoms with Crippen LogP contribution in [0.25, 0.3) is 0 Å². The molecule has 5 heteroatoms. The lowest BCUT2D eigenvalue weighted by Crippen LogP contribution is -2.23. The molecule has 21 heavy (non-hydrogen) atoms. The molecule has 0 heterocycles. The fraction of sp³-hybridized carbons (Fsp3) is 0.125. The molecule has 2 amide bonds. The summed E-state index contributed by atoms with van der Waals surface area (Å²) in [7, 11) is 0. The van der Waals surface area contributed by atoms with Crippen molar-refractivity contribution in [2.24, 2.45) is 0 Å². The minimum Gasteiger partial charge on any atom is -0.348 e. The highest BCUT2D eigenvalue weighted by molar-refractivity contribution is 5.96. The van der Waals surface area contributed by atoms with Crippen LogP contribution in [0.1, 0.15) is 22.8 Å². The maximum absolute atomic E-state index is 13.0. The van der Waals surface area contributed by atoms with E-state index in [1.54, 1.807) is 36.4 Å². The first-order chi connectivity index (χ1) is 10.0. The van der Waals surface area contributed by atoms with Crippen LogP contribution >= 0.6 is 0 Å². The Morgan fingerprint density at radius 1 is 1.10 bits per heavy atom. The van der Waals surface area contributed by atoms with Gasteiger partial charge in [-0.15, -0.1) is 0 Å². The van der Waals surface area contributed by atoms with Crippen molar-refractivity contribution >= 4 is 17.5 Å². The van der Waals surface area contributed by atoms with Gasteiger partial charge >= 0.3 is 0 Å². The number of anilines is 1. The molecule has 0 spiro atoms. The van der Waals surface area contributed by atoms with Gasteiger partial charge in [-0.3, -0.25) is 9.59 Å². The number of carbonyl (C=O) groups excluding carboxylic acids is 2. The first kappa shape index (κ1) is 14.7. The van der Waals surface area contributed by atoms with E-state index >= 15 is 0 Å². The third-order valence-corrected chi connectivity index (χ3v) is 2.79. The summed E-state index contributed by atoms with van der Waals surface area (Å²) < 4.78 is 13.0. The van der Waals surface area contributed by atoms with E-state index in [1.807, 2.05) is 0 Å². The predicted molar refractivity (Wildman–Crippen MR) is 78.3 cm³/mol. The summed E-state index contributed by atoms with van der Waals surface area (Å²) in [5, 5.41) is 5.32. The maximum atomic E-state index is 13.0. The second kappa shape index (κ2) is 6.65. The van der Waals surface area contributed by atoms with E-state index in [9.17, 15) is 14.0 Å². The van der Waals surface area contributed by atoms with Crippen molar-refractivity contribution in [1.29, 1.82) is 0 Å². The SMILES string of the molecule is CC(=O)Nc1cccc(C(=O)NCc2cccc(F)c2)c1. The van der Waals surface area contributed by atoms with Gasteiger partial charge in [0.1, 0.15) is 5.82 Å². The summed E-state index contributed by atoms with van der Waals surface area (Å²) in [4.78, 5) is 23.0. The van der Waals surface area contributed by atoms with Crippen LogP contribution in [0.4, 0.5) is 10.1 Å². The Morgan fingerprint density at radius 2 is 1.86 bits per heavy atom. The number of halogens is 1. The van der Waals surface area contributed by atoms with Gasteiger partial charge in [-0.2, -0.15) is 0 Å². The molecule has 0 aromatic heterocycles. The summed E-state index contributed by atoms with van der Waals surface area (Å²) in [5.41, 5.74) is 1.67. The van der Waals surface area contributed by atoms with Gasteiger partial charge in [0.15, 0.2) is 0 Å². The molecule has 0 radical (unpaired) electrons. The van der Waals surface area contributed by atoms with Gasteiger partial charge in [0.05, 0.1) is 0 Å². The Morgan fingerprint density at radius 3 is 2.57 bits per heavy atom. The number of hydrogen-bond acceptors (Lipinski definition) is 2. The zero-order valence-electron chi connectivity index (χ0n) is 11.5. The van der Waals surface area contributed by atoms with Gasteiger partial charge in [-0.05, 0) is 35.9 Å². The van der Waals surface area contributed by atoms with Gasteiger partial charge in [0.2, 0.25) is 5.91 Å². The van der Waals surface area contributed by atoms with Crippen LogP contribution in [0.3, 0.4) is 0 Å². The summed E-state index contributed by atoms with van der Waals surface area (Å²) in [6.45, 7) is 1.64. The minimum atomic E-state index is -0.339. The molecule has 0 atom stereocenters. The Labute approximate surface area is 122 Å². The number of amides is 2. The molecule has 2 rings (SSSR count). The molecule has 4 nitrogen and oxygen atoms in total. The topological polar surface area (TPSA) is 58.2 Å². The summed E-state index contributed by atoms with van der Waals surface area (Å²) in [6.07, 6.45) is 0. The van der Waals surface area contributed by atoms with E-state index in [-0.39, 0.29) is 24.2 Å². The zero-order chi connectivity index (χ0) is 15.2. The molecule has 0 aliphatic carbocycles. The summed E-state index contributed by atoms with van der Waals surface area (Å²) in [5.74, 6) is -0.826. The molecule has 0 unspecified atom stereocenters. The molecular formula is C16H15FN2O2. The smallest absolute Gasteiger partial charge is 0.251 e. The Kier molecular flexibility index (Phi) is 4.66. The molecule has 2 aromatic rings. The third-order valence-electron chi connectivity index (χ3n) is 2.79. The van der Waals surface area contributed by atoms with Crippen molar-refractivity contribution in [3.8, 4) is 0 Å². The van der Waals surface area contributed by atoms with Crippen LogP contribution in [0, 0.1) is 5.82 Å². The molecule has 2 N–H and O–H groups in total. The predicted octanol–water partition coefficient (Wildman–Crippen LogP) is 2.71. The first-order valence-electron chi connectivity index (χ1n) is 6.45. The van der Waals surface area contributed by atoms with Gasteiger partial charge in [0.25, 0.3) is 5.91 Å². The molecule has 0 fully saturated rings. The Hall–Kier alpha value is -2.69. The average Bonchev–Trinajstić information content (AvgIpc) is 2.44. The van der Waals surface area contributed by atoms with E-state index in [4.69, 9.17) is 0 Å². The van der Waals surface area contributed by atoms with Crippen molar-refractivity contribution < 1.29 is 14.0 Å². The number of carbonyl (C=O) groups is 2. The number of nitrogens with one attached hydrogen (secondary N) is 2. The number of rotatable bonds is 4. The Balaban J connectivity index is 2.01. The van der Waals surface area contributed by atoms with Gasteiger partial charge < -0.3 is 10.6 Å².